The quantitative estimate of drug-likeness (QED) is 0.361. The topological polar surface area (TPSA) is 71.1 Å². The van der Waals surface area contributed by atoms with Crippen molar-refractivity contribution in [2.75, 3.05) is 16.4 Å². The van der Waals surface area contributed by atoms with Gasteiger partial charge in [0, 0.05) is 16.9 Å². The number of nitrogens with zero attached hydrogens (tertiary/aromatic N) is 1. The molecule has 4 rings (SSSR count). The lowest BCUT2D eigenvalue weighted by molar-refractivity contribution is -0.113. The number of rotatable bonds is 6. The maximum atomic E-state index is 12.4. The van der Waals surface area contributed by atoms with Gasteiger partial charge in [0.15, 0.2) is 4.34 Å². The minimum atomic E-state index is -0.151. The molecule has 0 radical (unpaired) electrons. The lowest BCUT2D eigenvalue weighted by Gasteiger charge is -2.06. The molecule has 0 aliphatic carbocycles. The standard InChI is InChI=1S/C24H21N3O2S2/c1-15-8-9-18(12-16(15)2)25-22(28)14-30-24-27-20-11-10-19(13-21(20)31-24)26-23(29)17-6-4-3-5-7-17/h3-13H,14H2,1-2H3,(H,25,28)(H,26,29). The first-order chi connectivity index (χ1) is 15.0. The number of hydrogen-bond acceptors (Lipinski definition) is 5. The van der Waals surface area contributed by atoms with E-state index in [2.05, 4.69) is 15.6 Å². The molecule has 0 aliphatic heterocycles. The van der Waals surface area contributed by atoms with Crippen LogP contribution in [0.1, 0.15) is 21.5 Å². The van der Waals surface area contributed by atoms with E-state index in [0.29, 0.717) is 11.3 Å². The molecule has 1 heterocycles. The molecular weight excluding hydrogens is 426 g/mol. The second-order valence-electron chi connectivity index (χ2n) is 7.12. The fraction of sp³-hybridized carbons (Fsp3) is 0.125. The van der Waals surface area contributed by atoms with Gasteiger partial charge in [-0.25, -0.2) is 4.98 Å². The molecule has 0 saturated carbocycles. The van der Waals surface area contributed by atoms with E-state index in [1.165, 1.54) is 28.7 Å². The summed E-state index contributed by atoms with van der Waals surface area (Å²) in [6.45, 7) is 4.07. The van der Waals surface area contributed by atoms with Crippen LogP contribution in [0.5, 0.6) is 0 Å². The van der Waals surface area contributed by atoms with Gasteiger partial charge in [0.05, 0.1) is 16.0 Å². The average Bonchev–Trinajstić information content (AvgIpc) is 3.18. The van der Waals surface area contributed by atoms with Crippen molar-refractivity contribution in [1.82, 2.24) is 4.98 Å². The third-order valence-corrected chi connectivity index (χ3v) is 6.94. The van der Waals surface area contributed by atoms with Crippen LogP contribution >= 0.6 is 23.1 Å². The molecule has 0 unspecified atom stereocenters. The highest BCUT2D eigenvalue weighted by atomic mass is 32.2. The van der Waals surface area contributed by atoms with Crippen molar-refractivity contribution >= 4 is 56.5 Å². The largest absolute Gasteiger partial charge is 0.325 e. The molecule has 0 atom stereocenters. The molecule has 5 nitrogen and oxygen atoms in total. The smallest absolute Gasteiger partial charge is 0.255 e. The molecule has 0 fully saturated rings. The number of thioether (sulfide) groups is 1. The second-order valence-corrected chi connectivity index (χ2v) is 9.37. The van der Waals surface area contributed by atoms with E-state index < -0.39 is 0 Å². The van der Waals surface area contributed by atoms with Crippen molar-refractivity contribution in [3.63, 3.8) is 0 Å². The Bertz CT molecular complexity index is 1250. The van der Waals surface area contributed by atoms with E-state index in [9.17, 15) is 9.59 Å². The molecule has 2 amide bonds. The highest BCUT2D eigenvalue weighted by Gasteiger charge is 2.11. The fourth-order valence-corrected chi connectivity index (χ4v) is 4.89. The summed E-state index contributed by atoms with van der Waals surface area (Å²) in [5, 5.41) is 5.84. The number of aryl methyl sites for hydroxylation is 2. The van der Waals surface area contributed by atoms with Crippen LogP contribution in [-0.2, 0) is 4.79 Å². The molecule has 0 aliphatic rings. The lowest BCUT2D eigenvalue weighted by Crippen LogP contribution is -2.14. The van der Waals surface area contributed by atoms with Crippen molar-refractivity contribution in [3.05, 3.63) is 83.4 Å². The molecular formula is C24H21N3O2S2. The van der Waals surface area contributed by atoms with Gasteiger partial charge in [0.25, 0.3) is 5.91 Å². The number of hydrogen-bond donors (Lipinski definition) is 2. The first-order valence-corrected chi connectivity index (χ1v) is 11.5. The second kappa shape index (κ2) is 9.32. The van der Waals surface area contributed by atoms with Gasteiger partial charge in [-0.05, 0) is 67.4 Å². The summed E-state index contributed by atoms with van der Waals surface area (Å²) in [5.41, 5.74) is 5.32. The number of amides is 2. The summed E-state index contributed by atoms with van der Waals surface area (Å²) < 4.78 is 1.78. The van der Waals surface area contributed by atoms with E-state index in [1.54, 1.807) is 12.1 Å². The van der Waals surface area contributed by atoms with Crippen molar-refractivity contribution in [1.29, 1.82) is 0 Å². The van der Waals surface area contributed by atoms with Gasteiger partial charge in [-0.1, -0.05) is 36.0 Å². The number of nitrogens with one attached hydrogen (secondary N) is 2. The van der Waals surface area contributed by atoms with E-state index in [0.717, 1.165) is 25.8 Å². The zero-order valence-electron chi connectivity index (χ0n) is 17.1. The Hall–Kier alpha value is -3.16. The predicted molar refractivity (Wildman–Crippen MR) is 129 cm³/mol. The number of carbonyl (C=O) groups is 2. The molecule has 1 aromatic heterocycles. The number of aromatic nitrogens is 1. The van der Waals surface area contributed by atoms with Crippen LogP contribution in [0.15, 0.2) is 71.1 Å². The molecule has 156 valence electrons. The molecule has 0 spiro atoms. The minimum absolute atomic E-state index is 0.0664. The molecule has 0 bridgehead atoms. The van der Waals surface area contributed by atoms with Crippen LogP contribution in [0.4, 0.5) is 11.4 Å². The molecule has 0 saturated heterocycles. The van der Waals surface area contributed by atoms with Crippen molar-refractivity contribution in [2.45, 2.75) is 18.2 Å². The Balaban J connectivity index is 1.38. The van der Waals surface area contributed by atoms with Gasteiger partial charge in [-0.2, -0.15) is 0 Å². The Morgan fingerprint density at radius 1 is 0.903 bits per heavy atom. The van der Waals surface area contributed by atoms with Crippen LogP contribution in [-0.4, -0.2) is 22.6 Å². The first kappa shape index (κ1) is 21.1. The summed E-state index contributed by atoms with van der Waals surface area (Å²) in [6.07, 6.45) is 0. The van der Waals surface area contributed by atoms with Crippen LogP contribution in [0.2, 0.25) is 0 Å². The van der Waals surface area contributed by atoms with Gasteiger partial charge < -0.3 is 10.6 Å². The number of fused-ring (bicyclic) bond motifs is 1. The van der Waals surface area contributed by atoms with Crippen molar-refractivity contribution < 1.29 is 9.59 Å². The van der Waals surface area contributed by atoms with Gasteiger partial charge in [0.1, 0.15) is 0 Å². The summed E-state index contributed by atoms with van der Waals surface area (Å²) in [7, 11) is 0. The highest BCUT2D eigenvalue weighted by molar-refractivity contribution is 8.01. The maximum Gasteiger partial charge on any atom is 0.255 e. The Labute approximate surface area is 188 Å². The van der Waals surface area contributed by atoms with Crippen LogP contribution in [0.25, 0.3) is 10.2 Å². The Morgan fingerprint density at radius 2 is 1.65 bits per heavy atom. The third kappa shape index (κ3) is 5.31. The minimum Gasteiger partial charge on any atom is -0.325 e. The Morgan fingerprint density at radius 3 is 2.42 bits per heavy atom. The molecule has 4 aromatic rings. The molecule has 31 heavy (non-hydrogen) atoms. The number of benzene rings is 3. The van der Waals surface area contributed by atoms with Crippen molar-refractivity contribution in [3.8, 4) is 0 Å². The summed E-state index contributed by atoms with van der Waals surface area (Å²) >= 11 is 2.91. The Kier molecular flexibility index (Phi) is 6.34. The fourth-order valence-electron chi connectivity index (χ4n) is 2.98. The van der Waals surface area contributed by atoms with Gasteiger partial charge >= 0.3 is 0 Å². The summed E-state index contributed by atoms with van der Waals surface area (Å²) in [5.74, 6) is 0.0649. The van der Waals surface area contributed by atoms with E-state index >= 15 is 0 Å². The SMILES string of the molecule is Cc1ccc(NC(=O)CSc2nc3ccc(NC(=O)c4ccccc4)cc3s2)cc1C. The van der Waals surface area contributed by atoms with Gasteiger partial charge in [-0.15, -0.1) is 11.3 Å². The number of anilines is 2. The van der Waals surface area contributed by atoms with E-state index in [4.69, 9.17) is 0 Å². The monoisotopic (exact) mass is 447 g/mol. The van der Waals surface area contributed by atoms with E-state index in [-0.39, 0.29) is 17.6 Å². The van der Waals surface area contributed by atoms with E-state index in [1.807, 2.05) is 68.4 Å². The highest BCUT2D eigenvalue weighted by Crippen LogP contribution is 2.31. The molecule has 3 aromatic carbocycles. The average molecular weight is 448 g/mol. The zero-order chi connectivity index (χ0) is 21.8. The van der Waals surface area contributed by atoms with Gasteiger partial charge in [-0.3, -0.25) is 9.59 Å². The molecule has 7 heteroatoms. The van der Waals surface area contributed by atoms with Crippen molar-refractivity contribution in [2.24, 2.45) is 0 Å². The number of thiazole rings is 1. The predicted octanol–water partition coefficient (Wildman–Crippen LogP) is 5.90. The summed E-state index contributed by atoms with van der Waals surface area (Å²) in [4.78, 5) is 29.2. The lowest BCUT2D eigenvalue weighted by atomic mass is 10.1. The zero-order valence-corrected chi connectivity index (χ0v) is 18.8. The van der Waals surface area contributed by atoms with Crippen LogP contribution in [0.3, 0.4) is 0 Å². The normalized spacial score (nSPS) is 10.8. The third-order valence-electron chi connectivity index (χ3n) is 4.78. The van der Waals surface area contributed by atoms with Gasteiger partial charge in [0.2, 0.25) is 5.91 Å². The number of carbonyl (C=O) groups excluding carboxylic acids is 2. The summed E-state index contributed by atoms with van der Waals surface area (Å²) in [6, 6.07) is 20.6. The first-order valence-electron chi connectivity index (χ1n) is 9.75. The van der Waals surface area contributed by atoms with Crippen LogP contribution in [0, 0.1) is 13.8 Å². The molecule has 2 N–H and O–H groups in total. The maximum absolute atomic E-state index is 12.4. The van der Waals surface area contributed by atoms with Crippen LogP contribution < -0.4 is 10.6 Å².